The zero-order chi connectivity index (χ0) is 15.6. The number of hydrogen-bond acceptors (Lipinski definition) is 6. The minimum absolute atomic E-state index is 0.0689. The number of nitro groups is 1. The van der Waals surface area contributed by atoms with Gasteiger partial charge in [0.1, 0.15) is 11.6 Å². The summed E-state index contributed by atoms with van der Waals surface area (Å²) in [5, 5.41) is 20.2. The highest BCUT2D eigenvalue weighted by Crippen LogP contribution is 2.29. The predicted octanol–water partition coefficient (Wildman–Crippen LogP) is 1.92. The van der Waals surface area contributed by atoms with E-state index in [0.717, 1.165) is 0 Å². The fourth-order valence-electron chi connectivity index (χ4n) is 1.97. The standard InChI is InChI=1S/C12H12N2O5S2/c1-20-7-2-3-9(14(18)19)8(4-7)11(15)13-6-21-5-10(13)12(16)17/h2-4,10H,5-6H2,1H3,(H,16,17). The van der Waals surface area contributed by atoms with Crippen LogP contribution in [0, 0.1) is 10.1 Å². The second-order valence-electron chi connectivity index (χ2n) is 4.27. The van der Waals surface area contributed by atoms with E-state index in [2.05, 4.69) is 0 Å². The van der Waals surface area contributed by atoms with Crippen molar-refractivity contribution in [3.8, 4) is 0 Å². The molecular formula is C12H12N2O5S2. The van der Waals surface area contributed by atoms with E-state index in [-0.39, 0.29) is 22.9 Å². The van der Waals surface area contributed by atoms with Gasteiger partial charge in [0.2, 0.25) is 0 Å². The van der Waals surface area contributed by atoms with Gasteiger partial charge in [-0.1, -0.05) is 0 Å². The maximum Gasteiger partial charge on any atom is 0.327 e. The molecule has 0 bridgehead atoms. The molecule has 0 spiro atoms. The lowest BCUT2D eigenvalue weighted by Crippen LogP contribution is -2.41. The van der Waals surface area contributed by atoms with E-state index >= 15 is 0 Å². The number of carbonyl (C=O) groups is 2. The lowest BCUT2D eigenvalue weighted by molar-refractivity contribution is -0.385. The van der Waals surface area contributed by atoms with Crippen LogP contribution >= 0.6 is 23.5 Å². The molecule has 0 aromatic heterocycles. The maximum absolute atomic E-state index is 12.5. The van der Waals surface area contributed by atoms with Crippen molar-refractivity contribution in [3.63, 3.8) is 0 Å². The molecule has 1 N–H and O–H groups in total. The number of nitrogens with zero attached hydrogens (tertiary/aromatic N) is 2. The summed E-state index contributed by atoms with van der Waals surface area (Å²) in [6.45, 7) is 0. The smallest absolute Gasteiger partial charge is 0.327 e. The van der Waals surface area contributed by atoms with Crippen molar-refractivity contribution in [2.75, 3.05) is 17.9 Å². The van der Waals surface area contributed by atoms with Crippen molar-refractivity contribution in [1.82, 2.24) is 4.90 Å². The lowest BCUT2D eigenvalue weighted by Gasteiger charge is -2.20. The fourth-order valence-corrected chi connectivity index (χ4v) is 3.56. The molecule has 1 aliphatic heterocycles. The number of thioether (sulfide) groups is 2. The first-order valence-electron chi connectivity index (χ1n) is 5.89. The van der Waals surface area contributed by atoms with Crippen molar-refractivity contribution in [3.05, 3.63) is 33.9 Å². The highest BCUT2D eigenvalue weighted by atomic mass is 32.2. The van der Waals surface area contributed by atoms with Gasteiger partial charge in [-0.05, 0) is 18.4 Å². The van der Waals surface area contributed by atoms with Gasteiger partial charge in [0, 0.05) is 16.7 Å². The summed E-state index contributed by atoms with van der Waals surface area (Å²) in [6, 6.07) is 3.33. The summed E-state index contributed by atoms with van der Waals surface area (Å²) in [6.07, 6.45) is 1.79. The SMILES string of the molecule is CSc1ccc([N+](=O)[O-])c(C(=O)N2CSCC2C(=O)O)c1. The molecule has 1 saturated heterocycles. The third-order valence-electron chi connectivity index (χ3n) is 3.06. The molecule has 21 heavy (non-hydrogen) atoms. The number of carboxylic acid groups (broad SMARTS) is 1. The second-order valence-corrected chi connectivity index (χ2v) is 6.15. The first kappa shape index (κ1) is 15.6. The maximum atomic E-state index is 12.5. The Morgan fingerprint density at radius 3 is 2.81 bits per heavy atom. The number of rotatable bonds is 4. The minimum Gasteiger partial charge on any atom is -0.480 e. The number of amides is 1. The molecule has 1 aromatic rings. The van der Waals surface area contributed by atoms with Gasteiger partial charge in [-0.15, -0.1) is 23.5 Å². The number of benzene rings is 1. The number of hydrogen-bond donors (Lipinski definition) is 1. The van der Waals surface area contributed by atoms with Crippen molar-refractivity contribution >= 4 is 41.1 Å². The summed E-state index contributed by atoms with van der Waals surface area (Å²) >= 11 is 2.67. The van der Waals surface area contributed by atoms with Crippen LogP contribution in [0.4, 0.5) is 5.69 Å². The van der Waals surface area contributed by atoms with Gasteiger partial charge in [-0.3, -0.25) is 14.9 Å². The molecule has 1 amide bonds. The summed E-state index contributed by atoms with van der Waals surface area (Å²) in [7, 11) is 0. The Morgan fingerprint density at radius 1 is 1.52 bits per heavy atom. The van der Waals surface area contributed by atoms with E-state index in [1.54, 1.807) is 12.3 Å². The van der Waals surface area contributed by atoms with Crippen LogP contribution in [0.5, 0.6) is 0 Å². The Bertz CT molecular complexity index is 607. The molecule has 2 rings (SSSR count). The highest BCUT2D eigenvalue weighted by molar-refractivity contribution is 7.99. The minimum atomic E-state index is -1.10. The van der Waals surface area contributed by atoms with Crippen molar-refractivity contribution in [2.24, 2.45) is 0 Å². The molecule has 1 fully saturated rings. The van der Waals surface area contributed by atoms with Crippen molar-refractivity contribution in [1.29, 1.82) is 0 Å². The van der Waals surface area contributed by atoms with Crippen LogP contribution in [0.1, 0.15) is 10.4 Å². The summed E-state index contributed by atoms with van der Waals surface area (Å²) < 4.78 is 0. The molecule has 1 unspecified atom stereocenters. The number of carboxylic acids is 1. The Labute approximate surface area is 128 Å². The molecule has 9 heteroatoms. The van der Waals surface area contributed by atoms with Crippen LogP contribution in [-0.2, 0) is 4.79 Å². The number of aliphatic carboxylic acids is 1. The summed E-state index contributed by atoms with van der Waals surface area (Å²) in [4.78, 5) is 35.9. The van der Waals surface area contributed by atoms with Gasteiger partial charge >= 0.3 is 5.97 Å². The monoisotopic (exact) mass is 328 g/mol. The van der Waals surface area contributed by atoms with Crippen LogP contribution in [-0.4, -0.2) is 50.7 Å². The Hall–Kier alpha value is -1.74. The molecule has 7 nitrogen and oxygen atoms in total. The van der Waals surface area contributed by atoms with Gasteiger partial charge in [0.15, 0.2) is 0 Å². The molecule has 0 aliphatic carbocycles. The Kier molecular flexibility index (Phi) is 4.73. The molecule has 112 valence electrons. The van der Waals surface area contributed by atoms with E-state index in [1.807, 2.05) is 0 Å². The normalized spacial score (nSPS) is 17.8. The number of carbonyl (C=O) groups excluding carboxylic acids is 1. The summed E-state index contributed by atoms with van der Waals surface area (Å²) in [5.41, 5.74) is -0.376. The van der Waals surface area contributed by atoms with Crippen LogP contribution in [0.2, 0.25) is 0 Å². The van der Waals surface area contributed by atoms with Gasteiger partial charge in [0.25, 0.3) is 11.6 Å². The zero-order valence-electron chi connectivity index (χ0n) is 11.0. The van der Waals surface area contributed by atoms with E-state index in [1.165, 1.54) is 40.6 Å². The predicted molar refractivity (Wildman–Crippen MR) is 79.8 cm³/mol. The second kappa shape index (κ2) is 6.35. The third-order valence-corrected chi connectivity index (χ3v) is 4.80. The average Bonchev–Trinajstić information content (AvgIpc) is 2.95. The van der Waals surface area contributed by atoms with Gasteiger partial charge < -0.3 is 10.0 Å². The van der Waals surface area contributed by atoms with Crippen LogP contribution < -0.4 is 0 Å². The zero-order valence-corrected chi connectivity index (χ0v) is 12.6. The van der Waals surface area contributed by atoms with Crippen molar-refractivity contribution in [2.45, 2.75) is 10.9 Å². The molecule has 1 atom stereocenters. The largest absolute Gasteiger partial charge is 0.480 e. The van der Waals surface area contributed by atoms with Crippen LogP contribution in [0.15, 0.2) is 23.1 Å². The van der Waals surface area contributed by atoms with E-state index in [9.17, 15) is 19.7 Å². The lowest BCUT2D eigenvalue weighted by atomic mass is 10.1. The topological polar surface area (TPSA) is 101 Å². The van der Waals surface area contributed by atoms with Gasteiger partial charge in [-0.2, -0.15) is 0 Å². The summed E-state index contributed by atoms with van der Waals surface area (Å²) in [5.74, 6) is -1.21. The first-order valence-corrected chi connectivity index (χ1v) is 8.27. The van der Waals surface area contributed by atoms with E-state index in [0.29, 0.717) is 4.90 Å². The molecule has 1 aliphatic rings. The van der Waals surface area contributed by atoms with E-state index in [4.69, 9.17) is 5.11 Å². The van der Waals surface area contributed by atoms with Crippen LogP contribution in [0.3, 0.4) is 0 Å². The Balaban J connectivity index is 2.42. The number of nitro benzene ring substituents is 1. The van der Waals surface area contributed by atoms with E-state index < -0.39 is 22.8 Å². The van der Waals surface area contributed by atoms with Crippen LogP contribution in [0.25, 0.3) is 0 Å². The Morgan fingerprint density at radius 2 is 2.24 bits per heavy atom. The third kappa shape index (κ3) is 3.13. The molecular weight excluding hydrogens is 316 g/mol. The quantitative estimate of drug-likeness (QED) is 0.512. The molecule has 0 saturated carbocycles. The van der Waals surface area contributed by atoms with Gasteiger partial charge in [-0.25, -0.2) is 4.79 Å². The molecule has 1 heterocycles. The fraction of sp³-hybridized carbons (Fsp3) is 0.333. The highest BCUT2D eigenvalue weighted by Gasteiger charge is 2.37. The average molecular weight is 328 g/mol. The molecule has 1 aromatic carbocycles. The first-order chi connectivity index (χ1) is 9.95. The van der Waals surface area contributed by atoms with Gasteiger partial charge in [0.05, 0.1) is 10.8 Å². The molecule has 0 radical (unpaired) electrons. The van der Waals surface area contributed by atoms with Crippen molar-refractivity contribution < 1.29 is 19.6 Å².